The van der Waals surface area contributed by atoms with Gasteiger partial charge in [0.2, 0.25) is 0 Å². The van der Waals surface area contributed by atoms with Gasteiger partial charge in [-0.25, -0.2) is 4.79 Å². The van der Waals surface area contributed by atoms with Crippen LogP contribution < -0.4 is 0 Å². The van der Waals surface area contributed by atoms with Gasteiger partial charge >= 0.3 is 0 Å². The molecule has 0 heterocycles. The lowest BCUT2D eigenvalue weighted by Crippen LogP contribution is -1.88. The summed E-state index contributed by atoms with van der Waals surface area (Å²) >= 11 is 0. The van der Waals surface area contributed by atoms with Crippen molar-refractivity contribution in [1.82, 2.24) is 0 Å². The molecule has 0 fully saturated rings. The Hall–Kier alpha value is -2.11. The zero-order valence-electron chi connectivity index (χ0n) is 8.89. The molecule has 0 radical (unpaired) electrons. The Morgan fingerprint density at radius 3 is 2.69 bits per heavy atom. The van der Waals surface area contributed by atoms with Crippen molar-refractivity contribution >= 4 is 12.0 Å². The molecule has 1 nitrogen and oxygen atoms in total. The Balaban J connectivity index is 2.12. The Morgan fingerprint density at radius 2 is 1.94 bits per heavy atom. The van der Waals surface area contributed by atoms with Gasteiger partial charge in [0.05, 0.1) is 0 Å². The van der Waals surface area contributed by atoms with Gasteiger partial charge < -0.3 is 0 Å². The maximum atomic E-state index is 10.5. The van der Waals surface area contributed by atoms with Crippen molar-refractivity contribution in [3.8, 4) is 0 Å². The molecule has 0 saturated carbocycles. The monoisotopic (exact) mass is 208 g/mol. The zero-order valence-corrected chi connectivity index (χ0v) is 8.89. The highest BCUT2D eigenvalue weighted by Gasteiger charge is 2.01. The summed E-state index contributed by atoms with van der Waals surface area (Å²) in [5.74, 6) is 1.94. The van der Waals surface area contributed by atoms with Crippen LogP contribution in [-0.4, -0.2) is 5.94 Å². The van der Waals surface area contributed by atoms with Crippen LogP contribution >= 0.6 is 0 Å². The standard InChI is InChI=1S/C15H12O/c16-12-15-8-4-7-14(11-15)10-9-13-5-2-1-3-6-13/h1-10H,11H2. The molecule has 16 heavy (non-hydrogen) atoms. The molecule has 78 valence electrons. The van der Waals surface area contributed by atoms with Crippen molar-refractivity contribution in [3.05, 3.63) is 71.3 Å². The second-order valence-corrected chi connectivity index (χ2v) is 3.65. The quantitative estimate of drug-likeness (QED) is 0.681. The molecule has 0 aromatic heterocycles. The van der Waals surface area contributed by atoms with E-state index < -0.39 is 0 Å². The summed E-state index contributed by atoms with van der Waals surface area (Å²) in [7, 11) is 0. The summed E-state index contributed by atoms with van der Waals surface area (Å²) in [6.45, 7) is 0. The van der Waals surface area contributed by atoms with E-state index >= 15 is 0 Å². The van der Waals surface area contributed by atoms with E-state index in [1.165, 1.54) is 0 Å². The fourth-order valence-corrected chi connectivity index (χ4v) is 1.58. The normalized spacial score (nSPS) is 15.0. The lowest BCUT2D eigenvalue weighted by molar-refractivity contribution is 0.567. The zero-order chi connectivity index (χ0) is 11.2. The van der Waals surface area contributed by atoms with E-state index in [-0.39, 0.29) is 0 Å². The molecule has 1 aromatic rings. The van der Waals surface area contributed by atoms with Gasteiger partial charge in [-0.1, -0.05) is 54.6 Å². The summed E-state index contributed by atoms with van der Waals surface area (Å²) in [5, 5.41) is 0. The topological polar surface area (TPSA) is 17.1 Å². The fourth-order valence-electron chi connectivity index (χ4n) is 1.58. The first-order valence-corrected chi connectivity index (χ1v) is 5.23. The lowest BCUT2D eigenvalue weighted by Gasteiger charge is -2.04. The molecule has 1 aliphatic rings. The van der Waals surface area contributed by atoms with Gasteiger partial charge in [0, 0.05) is 12.0 Å². The van der Waals surface area contributed by atoms with Crippen LogP contribution in [0.2, 0.25) is 0 Å². The van der Waals surface area contributed by atoms with Gasteiger partial charge in [0.15, 0.2) is 0 Å². The molecule has 0 bridgehead atoms. The van der Waals surface area contributed by atoms with Gasteiger partial charge in [-0.3, -0.25) is 0 Å². The van der Waals surface area contributed by atoms with Gasteiger partial charge in [0.1, 0.15) is 5.94 Å². The first-order valence-electron chi connectivity index (χ1n) is 5.23. The summed E-state index contributed by atoms with van der Waals surface area (Å²) in [5.41, 5.74) is 2.99. The molecule has 0 aliphatic heterocycles. The van der Waals surface area contributed by atoms with E-state index in [1.807, 2.05) is 60.6 Å². The Morgan fingerprint density at radius 1 is 1.12 bits per heavy atom. The minimum Gasteiger partial charge on any atom is -0.233 e. The molecule has 2 rings (SSSR count). The van der Waals surface area contributed by atoms with Crippen molar-refractivity contribution in [2.24, 2.45) is 0 Å². The number of hydrogen-bond acceptors (Lipinski definition) is 1. The number of rotatable bonds is 2. The van der Waals surface area contributed by atoms with E-state index in [2.05, 4.69) is 0 Å². The van der Waals surface area contributed by atoms with E-state index in [1.54, 1.807) is 6.08 Å². The van der Waals surface area contributed by atoms with Crippen molar-refractivity contribution in [3.63, 3.8) is 0 Å². The minimum atomic E-state index is 0.670. The first-order chi connectivity index (χ1) is 7.88. The first kappa shape index (κ1) is 10.4. The number of benzene rings is 1. The predicted molar refractivity (Wildman–Crippen MR) is 66.5 cm³/mol. The van der Waals surface area contributed by atoms with E-state index in [4.69, 9.17) is 0 Å². The van der Waals surface area contributed by atoms with Crippen LogP contribution in [-0.2, 0) is 4.79 Å². The second kappa shape index (κ2) is 5.11. The second-order valence-electron chi connectivity index (χ2n) is 3.65. The Bertz CT molecular complexity index is 497. The molecule has 1 aliphatic carbocycles. The summed E-state index contributed by atoms with van der Waals surface area (Å²) in [6, 6.07) is 10.1. The number of allylic oxidation sites excluding steroid dienone is 6. The summed E-state index contributed by atoms with van der Waals surface area (Å²) in [4.78, 5) is 10.5. The highest BCUT2D eigenvalue weighted by molar-refractivity contribution is 5.62. The predicted octanol–water partition coefficient (Wildman–Crippen LogP) is 3.34. The average Bonchev–Trinajstić information content (AvgIpc) is 2.38. The molecular weight excluding hydrogens is 196 g/mol. The molecule has 1 aromatic carbocycles. The van der Waals surface area contributed by atoms with Gasteiger partial charge in [-0.05, 0) is 17.2 Å². The van der Waals surface area contributed by atoms with Crippen LogP contribution in [0.5, 0.6) is 0 Å². The third-order valence-electron chi connectivity index (χ3n) is 2.42. The van der Waals surface area contributed by atoms with Crippen LogP contribution in [0.1, 0.15) is 12.0 Å². The molecular formula is C15H12O. The highest BCUT2D eigenvalue weighted by atomic mass is 16.1. The van der Waals surface area contributed by atoms with Crippen LogP contribution in [0.15, 0.2) is 65.8 Å². The Kier molecular flexibility index (Phi) is 3.32. The van der Waals surface area contributed by atoms with Crippen molar-refractivity contribution < 1.29 is 4.79 Å². The minimum absolute atomic E-state index is 0.670. The van der Waals surface area contributed by atoms with Crippen molar-refractivity contribution in [1.29, 1.82) is 0 Å². The number of carbonyl (C=O) groups excluding carboxylic acids is 1. The summed E-state index contributed by atoms with van der Waals surface area (Å²) < 4.78 is 0. The van der Waals surface area contributed by atoms with Crippen molar-refractivity contribution in [2.45, 2.75) is 6.42 Å². The highest BCUT2D eigenvalue weighted by Crippen LogP contribution is 2.17. The molecule has 1 heteroatoms. The SMILES string of the molecule is O=C=C1C=CC=C(C=Cc2ccccc2)C1. The van der Waals surface area contributed by atoms with Crippen LogP contribution in [0, 0.1) is 0 Å². The smallest absolute Gasteiger partial charge is 0.128 e. The molecule has 0 N–H and O–H groups in total. The third-order valence-corrected chi connectivity index (χ3v) is 2.42. The van der Waals surface area contributed by atoms with Crippen LogP contribution in [0.25, 0.3) is 6.08 Å². The fraction of sp³-hybridized carbons (Fsp3) is 0.0667. The Labute approximate surface area is 95.1 Å². The molecule has 0 atom stereocenters. The van der Waals surface area contributed by atoms with E-state index in [0.717, 1.165) is 11.1 Å². The molecule has 0 amide bonds. The van der Waals surface area contributed by atoms with Gasteiger partial charge in [-0.2, -0.15) is 0 Å². The molecule has 0 unspecified atom stereocenters. The van der Waals surface area contributed by atoms with Crippen LogP contribution in [0.4, 0.5) is 0 Å². The lowest BCUT2D eigenvalue weighted by atomic mass is 10.00. The maximum Gasteiger partial charge on any atom is 0.128 e. The average molecular weight is 208 g/mol. The maximum absolute atomic E-state index is 10.5. The van der Waals surface area contributed by atoms with E-state index in [0.29, 0.717) is 12.0 Å². The largest absolute Gasteiger partial charge is 0.233 e. The van der Waals surface area contributed by atoms with Crippen molar-refractivity contribution in [2.75, 3.05) is 0 Å². The summed E-state index contributed by atoms with van der Waals surface area (Å²) in [6.07, 6.45) is 10.5. The van der Waals surface area contributed by atoms with E-state index in [9.17, 15) is 4.79 Å². The number of hydrogen-bond donors (Lipinski definition) is 0. The molecule has 0 spiro atoms. The third kappa shape index (κ3) is 2.69. The van der Waals surface area contributed by atoms with Crippen LogP contribution in [0.3, 0.4) is 0 Å². The van der Waals surface area contributed by atoms with Gasteiger partial charge in [-0.15, -0.1) is 0 Å². The van der Waals surface area contributed by atoms with Gasteiger partial charge in [0.25, 0.3) is 0 Å². The molecule has 0 saturated heterocycles.